The molecule has 2 aromatic carbocycles. The molecule has 104 valence electrons. The largest absolute Gasteiger partial charge is 0.457 e. The van der Waals surface area contributed by atoms with Gasteiger partial charge in [-0.1, -0.05) is 18.2 Å². The maximum absolute atomic E-state index is 5.96. The van der Waals surface area contributed by atoms with Gasteiger partial charge in [-0.3, -0.25) is 0 Å². The van der Waals surface area contributed by atoms with E-state index in [0.717, 1.165) is 18.0 Å². The number of hydrogen-bond donors (Lipinski definition) is 1. The van der Waals surface area contributed by atoms with Crippen molar-refractivity contribution in [3.63, 3.8) is 0 Å². The molecule has 0 saturated heterocycles. The number of rotatable bonds is 4. The van der Waals surface area contributed by atoms with E-state index in [1.165, 1.54) is 42.4 Å². The number of fused-ring (bicyclic) bond motifs is 1. The average molecular weight is 267 g/mol. The van der Waals surface area contributed by atoms with Gasteiger partial charge in [-0.25, -0.2) is 0 Å². The molecule has 0 atom stereocenters. The second-order valence-corrected chi connectivity index (χ2v) is 5.41. The molecule has 0 bridgehead atoms. The van der Waals surface area contributed by atoms with Crippen LogP contribution in [0.15, 0.2) is 42.5 Å². The van der Waals surface area contributed by atoms with Gasteiger partial charge in [0.15, 0.2) is 0 Å². The Labute approximate surface area is 120 Å². The van der Waals surface area contributed by atoms with Gasteiger partial charge in [0.05, 0.1) is 0 Å². The number of benzene rings is 2. The first-order valence-electron chi connectivity index (χ1n) is 7.38. The summed E-state index contributed by atoms with van der Waals surface area (Å²) in [4.78, 5) is 0. The summed E-state index contributed by atoms with van der Waals surface area (Å²) in [6, 6.07) is 14.8. The van der Waals surface area contributed by atoms with E-state index >= 15 is 0 Å². The monoisotopic (exact) mass is 267 g/mol. The molecule has 2 aromatic rings. The van der Waals surface area contributed by atoms with Gasteiger partial charge in [0.1, 0.15) is 11.5 Å². The lowest BCUT2D eigenvalue weighted by molar-refractivity contribution is 0.480. The summed E-state index contributed by atoms with van der Waals surface area (Å²) in [5, 5.41) is 3.15. The predicted octanol–water partition coefficient (Wildman–Crippen LogP) is 4.08. The molecule has 0 aromatic heterocycles. The van der Waals surface area contributed by atoms with E-state index < -0.39 is 0 Å². The van der Waals surface area contributed by atoms with Crippen LogP contribution in [0.25, 0.3) is 0 Å². The summed E-state index contributed by atoms with van der Waals surface area (Å²) in [6.07, 6.45) is 5.03. The summed E-state index contributed by atoms with van der Waals surface area (Å²) in [5.74, 6) is 1.85. The molecule has 0 amide bonds. The van der Waals surface area contributed by atoms with Gasteiger partial charge in [0.25, 0.3) is 0 Å². The Balaban J connectivity index is 1.73. The van der Waals surface area contributed by atoms with Crippen LogP contribution in [0.5, 0.6) is 11.5 Å². The Morgan fingerprint density at radius 2 is 1.60 bits per heavy atom. The number of hydrogen-bond acceptors (Lipinski definition) is 2. The molecule has 0 radical (unpaired) electrons. The summed E-state index contributed by atoms with van der Waals surface area (Å²) in [6.45, 7) is 0.888. The van der Waals surface area contributed by atoms with Crippen LogP contribution >= 0.6 is 0 Å². The van der Waals surface area contributed by atoms with E-state index in [9.17, 15) is 0 Å². The van der Waals surface area contributed by atoms with Crippen molar-refractivity contribution in [2.45, 2.75) is 32.2 Å². The normalized spacial score (nSPS) is 13.8. The lowest BCUT2D eigenvalue weighted by Gasteiger charge is -2.16. The van der Waals surface area contributed by atoms with E-state index in [-0.39, 0.29) is 0 Å². The van der Waals surface area contributed by atoms with Crippen molar-refractivity contribution in [2.75, 3.05) is 7.05 Å². The topological polar surface area (TPSA) is 21.3 Å². The van der Waals surface area contributed by atoms with Gasteiger partial charge in [0.2, 0.25) is 0 Å². The minimum atomic E-state index is 0.888. The van der Waals surface area contributed by atoms with Gasteiger partial charge < -0.3 is 10.1 Å². The third-order valence-electron chi connectivity index (χ3n) is 3.86. The van der Waals surface area contributed by atoms with Crippen LogP contribution < -0.4 is 10.1 Å². The standard InChI is InChI=1S/C18H21NO/c1-19-13-14-6-9-17(10-7-14)20-18-11-8-15-4-2-3-5-16(15)12-18/h6-12,19H,2-5,13H2,1H3. The minimum absolute atomic E-state index is 0.888. The summed E-state index contributed by atoms with van der Waals surface area (Å²) in [5.41, 5.74) is 4.22. The van der Waals surface area contributed by atoms with Gasteiger partial charge in [-0.15, -0.1) is 0 Å². The molecular formula is C18H21NO. The third kappa shape index (κ3) is 3.02. The highest BCUT2D eigenvalue weighted by Gasteiger charge is 2.10. The van der Waals surface area contributed by atoms with Gasteiger partial charge >= 0.3 is 0 Å². The Kier molecular flexibility index (Phi) is 4.03. The molecule has 1 N–H and O–H groups in total. The zero-order valence-electron chi connectivity index (χ0n) is 12.0. The average Bonchev–Trinajstić information content (AvgIpc) is 2.49. The molecule has 0 aliphatic heterocycles. The molecule has 1 aliphatic rings. The first-order valence-corrected chi connectivity index (χ1v) is 7.38. The molecule has 2 nitrogen and oxygen atoms in total. The quantitative estimate of drug-likeness (QED) is 0.901. The van der Waals surface area contributed by atoms with Crippen molar-refractivity contribution in [1.82, 2.24) is 5.32 Å². The third-order valence-corrected chi connectivity index (χ3v) is 3.86. The van der Waals surface area contributed by atoms with Gasteiger partial charge in [-0.2, -0.15) is 0 Å². The summed E-state index contributed by atoms with van der Waals surface area (Å²) in [7, 11) is 1.96. The maximum Gasteiger partial charge on any atom is 0.127 e. The fraction of sp³-hybridized carbons (Fsp3) is 0.333. The molecule has 2 heteroatoms. The molecule has 20 heavy (non-hydrogen) atoms. The highest BCUT2D eigenvalue weighted by atomic mass is 16.5. The van der Waals surface area contributed by atoms with E-state index in [2.05, 4.69) is 35.6 Å². The number of ether oxygens (including phenoxy) is 1. The fourth-order valence-electron chi connectivity index (χ4n) is 2.79. The molecule has 1 aliphatic carbocycles. The number of aryl methyl sites for hydroxylation is 2. The van der Waals surface area contributed by atoms with Crippen molar-refractivity contribution in [3.05, 3.63) is 59.2 Å². The SMILES string of the molecule is CNCc1ccc(Oc2ccc3c(c2)CCCC3)cc1. The van der Waals surface area contributed by atoms with E-state index in [1.54, 1.807) is 0 Å². The Hall–Kier alpha value is -1.80. The highest BCUT2D eigenvalue weighted by Crippen LogP contribution is 2.28. The second-order valence-electron chi connectivity index (χ2n) is 5.41. The second kappa shape index (κ2) is 6.10. The lowest BCUT2D eigenvalue weighted by Crippen LogP contribution is -2.04. The molecule has 3 rings (SSSR count). The van der Waals surface area contributed by atoms with Crippen LogP contribution in [0.1, 0.15) is 29.5 Å². The van der Waals surface area contributed by atoms with Crippen molar-refractivity contribution < 1.29 is 4.74 Å². The predicted molar refractivity (Wildman–Crippen MR) is 82.4 cm³/mol. The van der Waals surface area contributed by atoms with Crippen molar-refractivity contribution in [2.24, 2.45) is 0 Å². The summed E-state index contributed by atoms with van der Waals surface area (Å²) >= 11 is 0. The van der Waals surface area contributed by atoms with Crippen LogP contribution in [0.4, 0.5) is 0 Å². The Bertz CT molecular complexity index is 574. The van der Waals surface area contributed by atoms with Crippen LogP contribution in [-0.4, -0.2) is 7.05 Å². The molecule has 0 saturated carbocycles. The van der Waals surface area contributed by atoms with Gasteiger partial charge in [-0.05, 0) is 73.7 Å². The molecule has 0 spiro atoms. The van der Waals surface area contributed by atoms with Crippen LogP contribution in [-0.2, 0) is 19.4 Å². The zero-order valence-corrected chi connectivity index (χ0v) is 12.0. The lowest BCUT2D eigenvalue weighted by atomic mass is 9.92. The van der Waals surface area contributed by atoms with Crippen molar-refractivity contribution >= 4 is 0 Å². The van der Waals surface area contributed by atoms with E-state index in [0.29, 0.717) is 0 Å². The maximum atomic E-state index is 5.96. The van der Waals surface area contributed by atoms with Crippen LogP contribution in [0.3, 0.4) is 0 Å². The highest BCUT2D eigenvalue weighted by molar-refractivity contribution is 5.40. The van der Waals surface area contributed by atoms with Crippen LogP contribution in [0, 0.1) is 0 Å². The van der Waals surface area contributed by atoms with E-state index in [1.807, 2.05) is 19.2 Å². The molecule has 0 unspecified atom stereocenters. The van der Waals surface area contributed by atoms with Gasteiger partial charge in [0, 0.05) is 6.54 Å². The molecule has 0 fully saturated rings. The minimum Gasteiger partial charge on any atom is -0.457 e. The molecule has 0 heterocycles. The van der Waals surface area contributed by atoms with E-state index in [4.69, 9.17) is 4.74 Å². The summed E-state index contributed by atoms with van der Waals surface area (Å²) < 4.78 is 5.96. The first kappa shape index (κ1) is 13.2. The molecular weight excluding hydrogens is 246 g/mol. The number of nitrogens with one attached hydrogen (secondary N) is 1. The first-order chi connectivity index (χ1) is 9.85. The fourth-order valence-corrected chi connectivity index (χ4v) is 2.79. The zero-order chi connectivity index (χ0) is 13.8. The van der Waals surface area contributed by atoms with Crippen LogP contribution in [0.2, 0.25) is 0 Å². The van der Waals surface area contributed by atoms with Crippen molar-refractivity contribution in [3.8, 4) is 11.5 Å². The smallest absolute Gasteiger partial charge is 0.127 e. The Morgan fingerprint density at radius 3 is 2.35 bits per heavy atom. The van der Waals surface area contributed by atoms with Crippen molar-refractivity contribution in [1.29, 1.82) is 0 Å². The Morgan fingerprint density at radius 1 is 0.900 bits per heavy atom.